The number of allylic oxidation sites excluding steroid dienone is 10. The lowest BCUT2D eigenvalue weighted by Crippen LogP contribution is -2.30. The lowest BCUT2D eigenvalue weighted by molar-refractivity contribution is -0.163. The highest BCUT2D eigenvalue weighted by molar-refractivity contribution is 5.70. The molecule has 0 bridgehead atoms. The average Bonchev–Trinajstić information content (AvgIpc) is 3.20. The van der Waals surface area contributed by atoms with Crippen molar-refractivity contribution in [3.8, 4) is 0 Å². The van der Waals surface area contributed by atoms with E-state index in [0.29, 0.717) is 19.4 Å². The first-order valence-electron chi connectivity index (χ1n) is 23.8. The lowest BCUT2D eigenvalue weighted by atomic mass is 10.1. The van der Waals surface area contributed by atoms with Gasteiger partial charge in [-0.15, -0.1) is 0 Å². The van der Waals surface area contributed by atoms with Crippen molar-refractivity contribution in [1.29, 1.82) is 0 Å². The Balaban J connectivity index is 4.17. The normalized spacial score (nSPS) is 12.7. The number of ether oxygens (including phenoxy) is 3. The van der Waals surface area contributed by atoms with Crippen molar-refractivity contribution in [3.63, 3.8) is 0 Å². The van der Waals surface area contributed by atoms with Gasteiger partial charge in [0, 0.05) is 19.4 Å². The maximum atomic E-state index is 12.6. The Morgan fingerprint density at radius 1 is 0.411 bits per heavy atom. The fourth-order valence-corrected chi connectivity index (χ4v) is 6.51. The first kappa shape index (κ1) is 53.6. The van der Waals surface area contributed by atoms with Crippen molar-refractivity contribution in [1.82, 2.24) is 0 Å². The van der Waals surface area contributed by atoms with Gasteiger partial charge in [0.1, 0.15) is 6.61 Å². The van der Waals surface area contributed by atoms with Crippen LogP contribution in [-0.2, 0) is 23.8 Å². The van der Waals surface area contributed by atoms with E-state index in [1.165, 1.54) is 122 Å². The van der Waals surface area contributed by atoms with Gasteiger partial charge >= 0.3 is 11.9 Å². The summed E-state index contributed by atoms with van der Waals surface area (Å²) < 4.78 is 17.2. The Morgan fingerprint density at radius 3 is 1.30 bits per heavy atom. The van der Waals surface area contributed by atoms with E-state index in [9.17, 15) is 9.59 Å². The van der Waals surface area contributed by atoms with Crippen LogP contribution in [0, 0.1) is 0 Å². The zero-order valence-corrected chi connectivity index (χ0v) is 37.1. The minimum atomic E-state index is -0.561. The van der Waals surface area contributed by atoms with Crippen molar-refractivity contribution in [2.45, 2.75) is 232 Å². The van der Waals surface area contributed by atoms with E-state index in [1.54, 1.807) is 0 Å². The molecule has 0 aromatic heterocycles. The van der Waals surface area contributed by atoms with E-state index >= 15 is 0 Å². The minimum Gasteiger partial charge on any atom is -0.462 e. The van der Waals surface area contributed by atoms with E-state index in [0.717, 1.165) is 70.6 Å². The van der Waals surface area contributed by atoms with Gasteiger partial charge in [-0.25, -0.2) is 0 Å². The molecular formula is C51H90O5. The average molecular weight is 783 g/mol. The van der Waals surface area contributed by atoms with Crippen LogP contribution >= 0.6 is 0 Å². The van der Waals surface area contributed by atoms with Gasteiger partial charge in [-0.05, 0) is 77.0 Å². The van der Waals surface area contributed by atoms with Gasteiger partial charge in [0.25, 0.3) is 0 Å². The Kier molecular flexibility index (Phi) is 45.0. The summed E-state index contributed by atoms with van der Waals surface area (Å²) in [4.78, 5) is 25.2. The molecule has 0 saturated carbocycles. The van der Waals surface area contributed by atoms with E-state index in [2.05, 4.69) is 81.5 Å². The van der Waals surface area contributed by atoms with Gasteiger partial charge in [-0.1, -0.05) is 197 Å². The quantitative estimate of drug-likeness (QED) is 0.0350. The molecule has 1 unspecified atom stereocenters. The Labute approximate surface area is 347 Å². The first-order valence-corrected chi connectivity index (χ1v) is 23.8. The van der Waals surface area contributed by atoms with Gasteiger partial charge in [0.15, 0.2) is 6.10 Å². The largest absolute Gasteiger partial charge is 0.462 e. The van der Waals surface area contributed by atoms with Gasteiger partial charge < -0.3 is 14.2 Å². The summed E-state index contributed by atoms with van der Waals surface area (Å²) in [7, 11) is 0. The molecule has 0 aliphatic rings. The molecule has 0 fully saturated rings. The number of carbonyl (C=O) groups is 2. The molecule has 324 valence electrons. The first-order chi connectivity index (χ1) is 27.6. The highest BCUT2D eigenvalue weighted by atomic mass is 16.6. The molecule has 5 nitrogen and oxygen atoms in total. The smallest absolute Gasteiger partial charge is 0.306 e. The van der Waals surface area contributed by atoms with E-state index in [4.69, 9.17) is 14.2 Å². The molecule has 0 amide bonds. The molecule has 5 heteroatoms. The van der Waals surface area contributed by atoms with Gasteiger partial charge in [0.05, 0.1) is 6.61 Å². The SMILES string of the molecule is CC/C=C\C/C=C\C/C=C\C/C=C\CCCOCC(COC(=O)CCCCCCCCCCC/C=C\CCCCCCCC)OC(=O)CCCCCCCCC. The number of unbranched alkanes of at least 4 members (excludes halogenated alkanes) is 22. The number of hydrogen-bond donors (Lipinski definition) is 0. The third-order valence-electron chi connectivity index (χ3n) is 10.0. The Bertz CT molecular complexity index is 977. The summed E-state index contributed by atoms with van der Waals surface area (Å²) in [6.45, 7) is 7.54. The topological polar surface area (TPSA) is 61.8 Å². The number of esters is 2. The van der Waals surface area contributed by atoms with E-state index < -0.39 is 6.10 Å². The van der Waals surface area contributed by atoms with Crippen LogP contribution in [-0.4, -0.2) is 37.9 Å². The third kappa shape index (κ3) is 44.3. The van der Waals surface area contributed by atoms with Crippen LogP contribution in [0.3, 0.4) is 0 Å². The minimum absolute atomic E-state index is 0.0629. The van der Waals surface area contributed by atoms with Crippen molar-refractivity contribution < 1.29 is 23.8 Å². The number of hydrogen-bond acceptors (Lipinski definition) is 5. The van der Waals surface area contributed by atoms with Crippen molar-refractivity contribution in [2.24, 2.45) is 0 Å². The second-order valence-corrected chi connectivity index (χ2v) is 15.6. The van der Waals surface area contributed by atoms with E-state index in [1.807, 2.05) is 0 Å². The van der Waals surface area contributed by atoms with Crippen LogP contribution in [0.5, 0.6) is 0 Å². The second kappa shape index (κ2) is 47.0. The molecule has 0 radical (unpaired) electrons. The second-order valence-electron chi connectivity index (χ2n) is 15.6. The maximum absolute atomic E-state index is 12.6. The summed E-state index contributed by atoms with van der Waals surface area (Å²) in [5.41, 5.74) is 0. The zero-order chi connectivity index (χ0) is 40.7. The molecule has 0 rings (SSSR count). The molecule has 0 aliphatic heterocycles. The summed E-state index contributed by atoms with van der Waals surface area (Å²) in [6.07, 6.45) is 58.2. The lowest BCUT2D eigenvalue weighted by Gasteiger charge is -2.18. The molecule has 0 spiro atoms. The molecule has 1 atom stereocenters. The highest BCUT2D eigenvalue weighted by Crippen LogP contribution is 2.14. The molecule has 0 aromatic carbocycles. The Hall–Kier alpha value is -2.40. The zero-order valence-electron chi connectivity index (χ0n) is 37.1. The van der Waals surface area contributed by atoms with Crippen LogP contribution in [0.15, 0.2) is 60.8 Å². The van der Waals surface area contributed by atoms with Gasteiger partial charge in [-0.2, -0.15) is 0 Å². The van der Waals surface area contributed by atoms with E-state index in [-0.39, 0.29) is 25.2 Å². The number of carbonyl (C=O) groups excluding carboxylic acids is 2. The monoisotopic (exact) mass is 783 g/mol. The Morgan fingerprint density at radius 2 is 0.804 bits per heavy atom. The van der Waals surface area contributed by atoms with Gasteiger partial charge in [-0.3, -0.25) is 9.59 Å². The third-order valence-corrected chi connectivity index (χ3v) is 10.0. The summed E-state index contributed by atoms with van der Waals surface area (Å²) in [5.74, 6) is -0.433. The molecule has 0 heterocycles. The molecule has 0 saturated heterocycles. The standard InChI is InChI=1S/C51H90O5/c1-4-7-10-13-16-18-20-22-24-25-26-27-28-29-31-33-36-38-41-44-50(52)55-48-49(56-51(53)45-42-39-35-15-12-9-6-3)47-54-46-43-40-37-34-32-30-23-21-19-17-14-11-8-5-2/h8,11,17,19,22-24,30,34,37,49H,4-7,9-10,12-16,18,20-21,25-29,31-33,35-36,38-48H2,1-3H3/b11-8-,19-17-,24-22-,30-23-,37-34-. The fourth-order valence-electron chi connectivity index (χ4n) is 6.51. The van der Waals surface area contributed by atoms with Crippen LogP contribution in [0.1, 0.15) is 226 Å². The molecule has 0 N–H and O–H groups in total. The predicted octanol–water partition coefficient (Wildman–Crippen LogP) is 15.8. The van der Waals surface area contributed by atoms with Crippen molar-refractivity contribution in [2.75, 3.05) is 19.8 Å². The van der Waals surface area contributed by atoms with Crippen LogP contribution in [0.25, 0.3) is 0 Å². The maximum Gasteiger partial charge on any atom is 0.306 e. The molecule has 56 heavy (non-hydrogen) atoms. The fraction of sp³-hybridized carbons (Fsp3) is 0.765. The van der Waals surface area contributed by atoms with Crippen molar-refractivity contribution in [3.05, 3.63) is 60.8 Å². The highest BCUT2D eigenvalue weighted by Gasteiger charge is 2.17. The van der Waals surface area contributed by atoms with Crippen LogP contribution in [0.2, 0.25) is 0 Å². The van der Waals surface area contributed by atoms with Gasteiger partial charge in [0.2, 0.25) is 0 Å². The molecular weight excluding hydrogens is 693 g/mol. The summed E-state index contributed by atoms with van der Waals surface area (Å²) in [6, 6.07) is 0. The predicted molar refractivity (Wildman–Crippen MR) is 242 cm³/mol. The van der Waals surface area contributed by atoms with Crippen molar-refractivity contribution >= 4 is 11.9 Å². The molecule has 0 aromatic rings. The summed E-state index contributed by atoms with van der Waals surface area (Å²) in [5, 5.41) is 0. The van der Waals surface area contributed by atoms with Crippen LogP contribution < -0.4 is 0 Å². The van der Waals surface area contributed by atoms with Crippen LogP contribution in [0.4, 0.5) is 0 Å². The number of rotatable bonds is 43. The molecule has 0 aliphatic carbocycles. The summed E-state index contributed by atoms with van der Waals surface area (Å²) >= 11 is 0.